The maximum Gasteiger partial charge on any atom is 0.337 e. The molecular formula is C17H22FNO3. The largest absolute Gasteiger partial charge is 0.465 e. The molecule has 0 saturated carbocycles. The maximum atomic E-state index is 14.4. The molecule has 0 amide bonds. The van der Waals surface area contributed by atoms with Gasteiger partial charge in [-0.15, -0.1) is 0 Å². The third-order valence-corrected chi connectivity index (χ3v) is 4.71. The lowest BCUT2D eigenvalue weighted by Gasteiger charge is -2.40. The number of rotatable bonds is 4. The molecule has 0 N–H and O–H groups in total. The van der Waals surface area contributed by atoms with Crippen molar-refractivity contribution in [3.63, 3.8) is 0 Å². The summed E-state index contributed by atoms with van der Waals surface area (Å²) in [5.41, 5.74) is 1.95. The number of carbonyl (C=O) groups excluding carboxylic acids is 1. The first-order chi connectivity index (χ1) is 10.6. The minimum Gasteiger partial charge on any atom is -0.465 e. The van der Waals surface area contributed by atoms with Gasteiger partial charge < -0.3 is 9.47 Å². The van der Waals surface area contributed by atoms with Crippen LogP contribution in [-0.4, -0.2) is 43.8 Å². The molecule has 1 aromatic rings. The number of ether oxygens (including phenoxy) is 2. The summed E-state index contributed by atoms with van der Waals surface area (Å²) in [6.07, 6.45) is 1.69. The van der Waals surface area contributed by atoms with Gasteiger partial charge in [0, 0.05) is 25.0 Å². The zero-order valence-corrected chi connectivity index (χ0v) is 13.1. The van der Waals surface area contributed by atoms with Crippen molar-refractivity contribution in [1.82, 2.24) is 4.90 Å². The van der Waals surface area contributed by atoms with Crippen molar-refractivity contribution in [2.45, 2.75) is 32.4 Å². The monoisotopic (exact) mass is 307 g/mol. The Morgan fingerprint density at radius 3 is 2.82 bits per heavy atom. The molecule has 5 heteroatoms. The molecule has 2 aliphatic rings. The number of esters is 1. The maximum absolute atomic E-state index is 14.4. The van der Waals surface area contributed by atoms with Crippen LogP contribution in [0.3, 0.4) is 0 Å². The SMILES string of the molecule is CC[C@@H]1Cc2c(F)cc(C(=O)OC)cc2CN1CC1COC1. The fraction of sp³-hybridized carbons (Fsp3) is 0.588. The number of methoxy groups -OCH3 is 1. The molecule has 120 valence electrons. The molecular weight excluding hydrogens is 285 g/mol. The van der Waals surface area contributed by atoms with Crippen molar-refractivity contribution in [1.29, 1.82) is 0 Å². The van der Waals surface area contributed by atoms with Gasteiger partial charge in [-0.2, -0.15) is 0 Å². The molecule has 4 nitrogen and oxygen atoms in total. The Kier molecular flexibility index (Phi) is 4.45. The molecule has 1 atom stereocenters. The molecule has 0 aromatic heterocycles. The molecule has 1 saturated heterocycles. The molecule has 0 bridgehead atoms. The van der Waals surface area contributed by atoms with Gasteiger partial charge in [-0.1, -0.05) is 6.92 Å². The molecule has 3 rings (SSSR count). The first kappa shape index (κ1) is 15.4. The van der Waals surface area contributed by atoms with Crippen LogP contribution in [-0.2, 0) is 22.4 Å². The molecule has 1 fully saturated rings. The molecule has 0 spiro atoms. The second-order valence-corrected chi connectivity index (χ2v) is 6.19. The molecule has 0 radical (unpaired) electrons. The van der Waals surface area contributed by atoms with Gasteiger partial charge in [0.1, 0.15) is 5.82 Å². The van der Waals surface area contributed by atoms with Gasteiger partial charge in [0.05, 0.1) is 25.9 Å². The molecule has 1 aromatic carbocycles. The van der Waals surface area contributed by atoms with E-state index in [1.807, 2.05) is 0 Å². The first-order valence-corrected chi connectivity index (χ1v) is 7.83. The Labute approximate surface area is 130 Å². The fourth-order valence-corrected chi connectivity index (χ4v) is 3.35. The van der Waals surface area contributed by atoms with Crippen LogP contribution in [0.5, 0.6) is 0 Å². The second-order valence-electron chi connectivity index (χ2n) is 6.19. The average Bonchev–Trinajstić information content (AvgIpc) is 2.49. The summed E-state index contributed by atoms with van der Waals surface area (Å²) in [6.45, 7) is 5.43. The average molecular weight is 307 g/mol. The van der Waals surface area contributed by atoms with E-state index in [0.29, 0.717) is 30.5 Å². The number of carbonyl (C=O) groups is 1. The normalized spacial score (nSPS) is 22.0. The van der Waals surface area contributed by atoms with E-state index in [9.17, 15) is 9.18 Å². The highest BCUT2D eigenvalue weighted by molar-refractivity contribution is 5.89. The molecule has 0 unspecified atom stereocenters. The standard InChI is InChI=1S/C17H22FNO3/c1-3-14-6-15-13(8-19(14)7-11-9-22-10-11)4-12(5-16(15)18)17(20)21-2/h4-5,11,14H,3,6-10H2,1-2H3/t14-/m1/s1. The summed E-state index contributed by atoms with van der Waals surface area (Å²) >= 11 is 0. The van der Waals surface area contributed by atoms with Crippen LogP contribution >= 0.6 is 0 Å². The van der Waals surface area contributed by atoms with Gasteiger partial charge in [0.2, 0.25) is 0 Å². The van der Waals surface area contributed by atoms with Crippen LogP contribution in [0.4, 0.5) is 4.39 Å². The van der Waals surface area contributed by atoms with E-state index in [2.05, 4.69) is 11.8 Å². The smallest absolute Gasteiger partial charge is 0.337 e. The summed E-state index contributed by atoms with van der Waals surface area (Å²) in [6, 6.07) is 3.43. The summed E-state index contributed by atoms with van der Waals surface area (Å²) < 4.78 is 24.3. The summed E-state index contributed by atoms with van der Waals surface area (Å²) in [4.78, 5) is 14.1. The predicted octanol–water partition coefficient (Wildman–Crippen LogP) is 2.40. The van der Waals surface area contributed by atoms with Crippen molar-refractivity contribution < 1.29 is 18.7 Å². The Morgan fingerprint density at radius 2 is 2.23 bits per heavy atom. The molecule has 0 aliphatic carbocycles. The predicted molar refractivity (Wildman–Crippen MR) is 80.2 cm³/mol. The van der Waals surface area contributed by atoms with E-state index in [0.717, 1.165) is 37.3 Å². The van der Waals surface area contributed by atoms with Crippen molar-refractivity contribution in [2.75, 3.05) is 26.9 Å². The number of hydrogen-bond donors (Lipinski definition) is 0. The van der Waals surface area contributed by atoms with Crippen molar-refractivity contribution in [3.8, 4) is 0 Å². The van der Waals surface area contributed by atoms with Crippen molar-refractivity contribution in [2.24, 2.45) is 5.92 Å². The summed E-state index contributed by atoms with van der Waals surface area (Å²) in [5, 5.41) is 0. The number of fused-ring (bicyclic) bond motifs is 1. The van der Waals surface area contributed by atoms with Crippen LogP contribution in [0.25, 0.3) is 0 Å². The lowest BCUT2D eigenvalue weighted by molar-refractivity contribution is -0.0544. The van der Waals surface area contributed by atoms with Gasteiger partial charge in [-0.3, -0.25) is 4.90 Å². The van der Waals surface area contributed by atoms with Gasteiger partial charge in [0.25, 0.3) is 0 Å². The zero-order chi connectivity index (χ0) is 15.7. The highest BCUT2D eigenvalue weighted by Crippen LogP contribution is 2.30. The lowest BCUT2D eigenvalue weighted by atomic mass is 9.89. The number of benzene rings is 1. The minimum absolute atomic E-state index is 0.289. The molecule has 22 heavy (non-hydrogen) atoms. The number of hydrogen-bond acceptors (Lipinski definition) is 4. The summed E-state index contributed by atoms with van der Waals surface area (Å²) in [5.74, 6) is -0.203. The van der Waals surface area contributed by atoms with Crippen LogP contribution in [0.1, 0.15) is 34.8 Å². The van der Waals surface area contributed by atoms with Crippen molar-refractivity contribution >= 4 is 5.97 Å². The molecule has 2 heterocycles. The minimum atomic E-state index is -0.488. The second kappa shape index (κ2) is 6.34. The van der Waals surface area contributed by atoms with Crippen molar-refractivity contribution in [3.05, 3.63) is 34.6 Å². The van der Waals surface area contributed by atoms with Crippen LogP contribution in [0, 0.1) is 11.7 Å². The van der Waals surface area contributed by atoms with E-state index in [1.165, 1.54) is 13.2 Å². The quantitative estimate of drug-likeness (QED) is 0.801. The third-order valence-electron chi connectivity index (χ3n) is 4.71. The van der Waals surface area contributed by atoms with E-state index >= 15 is 0 Å². The first-order valence-electron chi connectivity index (χ1n) is 7.83. The lowest BCUT2D eigenvalue weighted by Crippen LogP contribution is -2.47. The van der Waals surface area contributed by atoms with Gasteiger partial charge in [-0.25, -0.2) is 9.18 Å². The summed E-state index contributed by atoms with van der Waals surface area (Å²) in [7, 11) is 1.32. The van der Waals surface area contributed by atoms with Gasteiger partial charge in [-0.05, 0) is 36.1 Å². The Balaban J connectivity index is 1.86. The number of nitrogens with zero attached hydrogens (tertiary/aromatic N) is 1. The van der Waals surface area contributed by atoms with E-state index in [1.54, 1.807) is 6.07 Å². The fourth-order valence-electron chi connectivity index (χ4n) is 3.35. The van der Waals surface area contributed by atoms with Gasteiger partial charge in [0.15, 0.2) is 0 Å². The van der Waals surface area contributed by atoms with Gasteiger partial charge >= 0.3 is 5.97 Å². The third kappa shape index (κ3) is 2.88. The highest BCUT2D eigenvalue weighted by Gasteiger charge is 2.31. The van der Waals surface area contributed by atoms with Crippen LogP contribution in [0.2, 0.25) is 0 Å². The van der Waals surface area contributed by atoms with Crippen LogP contribution < -0.4 is 0 Å². The zero-order valence-electron chi connectivity index (χ0n) is 13.1. The molecule has 2 aliphatic heterocycles. The van der Waals surface area contributed by atoms with Crippen LogP contribution in [0.15, 0.2) is 12.1 Å². The topological polar surface area (TPSA) is 38.8 Å². The Bertz CT molecular complexity index is 571. The number of halogens is 1. The van der Waals surface area contributed by atoms with E-state index < -0.39 is 5.97 Å². The highest BCUT2D eigenvalue weighted by atomic mass is 19.1. The van der Waals surface area contributed by atoms with E-state index in [4.69, 9.17) is 9.47 Å². The Hall–Kier alpha value is -1.46. The van der Waals surface area contributed by atoms with E-state index in [-0.39, 0.29) is 5.82 Å². The Morgan fingerprint density at radius 1 is 1.45 bits per heavy atom.